The number of rotatable bonds is 6. The van der Waals surface area contributed by atoms with Gasteiger partial charge in [0.1, 0.15) is 11.4 Å². The van der Waals surface area contributed by atoms with Crippen molar-refractivity contribution in [2.45, 2.75) is 13.8 Å². The van der Waals surface area contributed by atoms with E-state index in [1.54, 1.807) is 54.6 Å². The average molecular weight is 491 g/mol. The van der Waals surface area contributed by atoms with Crippen LogP contribution < -0.4 is 20.8 Å². The van der Waals surface area contributed by atoms with Gasteiger partial charge in [-0.1, -0.05) is 41.9 Å². The van der Waals surface area contributed by atoms with Crippen molar-refractivity contribution in [1.29, 1.82) is 0 Å². The molecule has 1 aromatic heterocycles. The van der Waals surface area contributed by atoms with Crippen molar-refractivity contribution in [2.75, 3.05) is 22.7 Å². The zero-order chi connectivity index (χ0) is 24.9. The largest absolute Gasteiger partial charge is 0.492 e. The molecular formula is C26H23ClN4O4. The molecule has 35 heavy (non-hydrogen) atoms. The van der Waals surface area contributed by atoms with Crippen molar-refractivity contribution < 1.29 is 19.1 Å². The number of aryl methyl sites for hydroxylation is 1. The highest BCUT2D eigenvalue weighted by atomic mass is 35.5. The zero-order valence-electron chi connectivity index (χ0n) is 19.1. The molecule has 3 amide bonds. The van der Waals surface area contributed by atoms with E-state index in [-0.39, 0.29) is 5.69 Å². The van der Waals surface area contributed by atoms with Crippen LogP contribution in [0.2, 0.25) is 5.02 Å². The summed E-state index contributed by atoms with van der Waals surface area (Å²) in [6.07, 6.45) is 0. The second-order valence-electron chi connectivity index (χ2n) is 7.66. The van der Waals surface area contributed by atoms with Gasteiger partial charge in [-0.3, -0.25) is 19.8 Å². The normalized spacial score (nSPS) is 10.6. The number of fused-ring (bicyclic) bond motifs is 1. The Labute approximate surface area is 206 Å². The van der Waals surface area contributed by atoms with Crippen LogP contribution in [0.15, 0.2) is 72.8 Å². The van der Waals surface area contributed by atoms with Crippen LogP contribution in [0.1, 0.15) is 23.0 Å². The fraction of sp³-hybridized carbons (Fsp3) is 0.115. The molecule has 0 spiro atoms. The molecule has 178 valence electrons. The van der Waals surface area contributed by atoms with Gasteiger partial charge >= 0.3 is 11.8 Å². The van der Waals surface area contributed by atoms with Gasteiger partial charge in [0.25, 0.3) is 5.91 Å². The maximum absolute atomic E-state index is 13.2. The number of aromatic nitrogens is 1. The van der Waals surface area contributed by atoms with Crippen molar-refractivity contribution >= 4 is 51.6 Å². The number of halogens is 1. The monoisotopic (exact) mass is 490 g/mol. The minimum absolute atomic E-state index is 0.126. The Morgan fingerprint density at radius 1 is 0.886 bits per heavy atom. The van der Waals surface area contributed by atoms with E-state index in [1.807, 2.05) is 32.0 Å². The van der Waals surface area contributed by atoms with Gasteiger partial charge in [0.05, 0.1) is 17.8 Å². The first-order chi connectivity index (χ1) is 16.9. The van der Waals surface area contributed by atoms with Crippen LogP contribution in [0.3, 0.4) is 0 Å². The standard InChI is InChI=1S/C26H23ClN4O4/c1-3-35-23-11-7-6-10-20(23)29-25(33)26(34)30-31-21-13-12-18(27)14-17(21)15-22(31)24(32)28-19-9-5-4-8-16(19)2/h4-15H,3H2,1-2H3,(H,28,32)(H,29,33)(H,30,34). The summed E-state index contributed by atoms with van der Waals surface area (Å²) < 4.78 is 6.77. The van der Waals surface area contributed by atoms with E-state index in [0.717, 1.165) is 5.56 Å². The van der Waals surface area contributed by atoms with E-state index in [4.69, 9.17) is 16.3 Å². The van der Waals surface area contributed by atoms with Gasteiger partial charge in [0.2, 0.25) is 0 Å². The molecule has 0 bridgehead atoms. The van der Waals surface area contributed by atoms with Gasteiger partial charge in [-0.25, -0.2) is 4.68 Å². The number of nitrogens with one attached hydrogen (secondary N) is 3. The first-order valence-corrected chi connectivity index (χ1v) is 11.3. The first kappa shape index (κ1) is 23.8. The quantitative estimate of drug-likeness (QED) is 0.332. The number of anilines is 2. The number of amides is 3. The molecule has 1 heterocycles. The Kier molecular flexibility index (Phi) is 7.03. The molecule has 3 aromatic carbocycles. The van der Waals surface area contributed by atoms with E-state index < -0.39 is 17.7 Å². The van der Waals surface area contributed by atoms with Crippen molar-refractivity contribution in [3.05, 3.63) is 89.1 Å². The highest BCUT2D eigenvalue weighted by molar-refractivity contribution is 6.42. The van der Waals surface area contributed by atoms with Crippen molar-refractivity contribution in [3.8, 4) is 5.75 Å². The lowest BCUT2D eigenvalue weighted by molar-refractivity contribution is -0.133. The molecule has 4 aromatic rings. The predicted molar refractivity (Wildman–Crippen MR) is 137 cm³/mol. The van der Waals surface area contributed by atoms with Gasteiger partial charge in [0.15, 0.2) is 0 Å². The molecule has 0 saturated heterocycles. The summed E-state index contributed by atoms with van der Waals surface area (Å²) in [5, 5.41) is 6.48. The molecule has 3 N–H and O–H groups in total. The lowest BCUT2D eigenvalue weighted by Gasteiger charge is -2.14. The van der Waals surface area contributed by atoms with Gasteiger partial charge in [-0.05, 0) is 61.9 Å². The summed E-state index contributed by atoms with van der Waals surface area (Å²) in [7, 11) is 0. The Balaban J connectivity index is 1.63. The number of hydrogen-bond donors (Lipinski definition) is 3. The SMILES string of the molecule is CCOc1ccccc1NC(=O)C(=O)Nn1c(C(=O)Nc2ccccc2C)cc2cc(Cl)ccc21. The molecule has 0 unspecified atom stereocenters. The molecule has 0 fully saturated rings. The summed E-state index contributed by atoms with van der Waals surface area (Å²) in [4.78, 5) is 38.7. The van der Waals surface area contributed by atoms with Crippen molar-refractivity contribution in [3.63, 3.8) is 0 Å². The zero-order valence-corrected chi connectivity index (χ0v) is 19.8. The van der Waals surface area contributed by atoms with Crippen LogP contribution in [0.5, 0.6) is 5.75 Å². The number of para-hydroxylation sites is 3. The minimum Gasteiger partial charge on any atom is -0.492 e. The minimum atomic E-state index is -0.964. The summed E-state index contributed by atoms with van der Waals surface area (Å²) in [5.41, 5.74) is 5.02. The smallest absolute Gasteiger partial charge is 0.328 e. The first-order valence-electron chi connectivity index (χ1n) is 10.9. The van der Waals surface area contributed by atoms with Crippen molar-refractivity contribution in [1.82, 2.24) is 4.68 Å². The van der Waals surface area contributed by atoms with Gasteiger partial charge < -0.3 is 15.4 Å². The summed E-state index contributed by atoms with van der Waals surface area (Å²) in [6, 6.07) is 20.7. The van der Waals surface area contributed by atoms with Gasteiger partial charge in [-0.15, -0.1) is 0 Å². The third-order valence-corrected chi connectivity index (χ3v) is 5.48. The van der Waals surface area contributed by atoms with Crippen LogP contribution in [0.25, 0.3) is 10.9 Å². The second kappa shape index (κ2) is 10.3. The molecule has 8 nitrogen and oxygen atoms in total. The average Bonchev–Trinajstić information content (AvgIpc) is 3.19. The summed E-state index contributed by atoms with van der Waals surface area (Å²) in [6.45, 7) is 4.09. The molecule has 0 saturated carbocycles. The molecular weight excluding hydrogens is 468 g/mol. The maximum atomic E-state index is 13.2. The van der Waals surface area contributed by atoms with Crippen molar-refractivity contribution in [2.24, 2.45) is 0 Å². The fourth-order valence-corrected chi connectivity index (χ4v) is 3.74. The van der Waals surface area contributed by atoms with Crippen LogP contribution in [0.4, 0.5) is 11.4 Å². The van der Waals surface area contributed by atoms with E-state index in [1.165, 1.54) is 4.68 Å². The topological polar surface area (TPSA) is 101 Å². The Morgan fingerprint density at radius 2 is 1.60 bits per heavy atom. The lowest BCUT2D eigenvalue weighted by atomic mass is 10.2. The number of ether oxygens (including phenoxy) is 1. The van der Waals surface area contributed by atoms with Gasteiger partial charge in [-0.2, -0.15) is 0 Å². The van der Waals surface area contributed by atoms with Crippen LogP contribution in [0, 0.1) is 6.92 Å². The molecule has 0 radical (unpaired) electrons. The highest BCUT2D eigenvalue weighted by Crippen LogP contribution is 2.25. The Bertz CT molecular complexity index is 1430. The van der Waals surface area contributed by atoms with E-state index >= 15 is 0 Å². The van der Waals surface area contributed by atoms with E-state index in [2.05, 4.69) is 16.1 Å². The highest BCUT2D eigenvalue weighted by Gasteiger charge is 2.22. The maximum Gasteiger partial charge on any atom is 0.328 e. The fourth-order valence-electron chi connectivity index (χ4n) is 3.56. The molecule has 4 rings (SSSR count). The number of benzene rings is 3. The van der Waals surface area contributed by atoms with Crippen LogP contribution >= 0.6 is 11.6 Å². The molecule has 0 atom stereocenters. The molecule has 0 aliphatic heterocycles. The third kappa shape index (κ3) is 5.28. The number of carbonyl (C=O) groups excluding carboxylic acids is 3. The summed E-state index contributed by atoms with van der Waals surface area (Å²) >= 11 is 6.12. The van der Waals surface area contributed by atoms with Crippen LogP contribution in [-0.4, -0.2) is 29.0 Å². The van der Waals surface area contributed by atoms with E-state index in [9.17, 15) is 14.4 Å². The van der Waals surface area contributed by atoms with E-state index in [0.29, 0.717) is 39.7 Å². The molecule has 9 heteroatoms. The van der Waals surface area contributed by atoms with Gasteiger partial charge in [0, 0.05) is 16.1 Å². The lowest BCUT2D eigenvalue weighted by Crippen LogP contribution is -2.36. The third-order valence-electron chi connectivity index (χ3n) is 5.24. The molecule has 0 aliphatic carbocycles. The Morgan fingerprint density at radius 3 is 2.34 bits per heavy atom. The second-order valence-corrected chi connectivity index (χ2v) is 8.10. The molecule has 0 aliphatic rings. The predicted octanol–water partition coefficient (Wildman–Crippen LogP) is 4.96. The number of hydrogen-bond acceptors (Lipinski definition) is 4. The van der Waals surface area contributed by atoms with Crippen LogP contribution in [-0.2, 0) is 9.59 Å². The summed E-state index contributed by atoms with van der Waals surface area (Å²) in [5.74, 6) is -1.91. The number of carbonyl (C=O) groups is 3. The number of nitrogens with zero attached hydrogens (tertiary/aromatic N) is 1. The Hall–Kier alpha value is -4.30.